The first kappa shape index (κ1) is 17.3. The van der Waals surface area contributed by atoms with Gasteiger partial charge in [-0.1, -0.05) is 25.7 Å². The third kappa shape index (κ3) is 3.15. The molecule has 4 aliphatic rings. The van der Waals surface area contributed by atoms with Gasteiger partial charge in [-0.15, -0.1) is 0 Å². The van der Waals surface area contributed by atoms with Gasteiger partial charge in [-0.25, -0.2) is 0 Å². The van der Waals surface area contributed by atoms with E-state index in [-0.39, 0.29) is 0 Å². The standard InChI is InChI=1S/C20H36N2O2/c23-19(9-1-2-10-19)17-7-5-13-21(17)15-16-22-14-6-8-18(22)20(24)11-3-4-12-20/h17-18,23-24H,1-16H2/t17-,18-/m0/s1. The van der Waals surface area contributed by atoms with E-state index in [9.17, 15) is 10.2 Å². The quantitative estimate of drug-likeness (QED) is 0.810. The highest BCUT2D eigenvalue weighted by Gasteiger charge is 2.46. The van der Waals surface area contributed by atoms with Gasteiger partial charge in [-0.2, -0.15) is 0 Å². The van der Waals surface area contributed by atoms with Crippen LogP contribution in [0.4, 0.5) is 0 Å². The van der Waals surface area contributed by atoms with Crippen LogP contribution in [0.25, 0.3) is 0 Å². The number of hydrogen-bond acceptors (Lipinski definition) is 4. The molecule has 4 heteroatoms. The Morgan fingerprint density at radius 3 is 1.38 bits per heavy atom. The van der Waals surface area contributed by atoms with Crippen molar-refractivity contribution in [3.05, 3.63) is 0 Å². The molecule has 4 fully saturated rings. The van der Waals surface area contributed by atoms with Crippen molar-refractivity contribution >= 4 is 0 Å². The maximum atomic E-state index is 11.0. The molecule has 2 aliphatic carbocycles. The molecule has 24 heavy (non-hydrogen) atoms. The van der Waals surface area contributed by atoms with E-state index in [1.54, 1.807) is 0 Å². The van der Waals surface area contributed by atoms with Crippen molar-refractivity contribution in [2.24, 2.45) is 0 Å². The fraction of sp³-hybridized carbons (Fsp3) is 1.00. The second-order valence-corrected chi connectivity index (χ2v) is 9.01. The lowest BCUT2D eigenvalue weighted by Gasteiger charge is -2.40. The van der Waals surface area contributed by atoms with Crippen molar-refractivity contribution in [2.75, 3.05) is 26.2 Å². The van der Waals surface area contributed by atoms with Gasteiger partial charge < -0.3 is 10.2 Å². The first-order chi connectivity index (χ1) is 11.6. The van der Waals surface area contributed by atoms with Crippen LogP contribution in [0.5, 0.6) is 0 Å². The number of aliphatic hydroxyl groups is 2. The van der Waals surface area contributed by atoms with Crippen molar-refractivity contribution in [1.82, 2.24) is 9.80 Å². The number of rotatable bonds is 5. The maximum Gasteiger partial charge on any atom is 0.0802 e. The lowest BCUT2D eigenvalue weighted by molar-refractivity contribution is -0.0432. The molecule has 2 atom stereocenters. The topological polar surface area (TPSA) is 46.9 Å². The van der Waals surface area contributed by atoms with Crippen LogP contribution in [0.2, 0.25) is 0 Å². The largest absolute Gasteiger partial charge is 0.388 e. The van der Waals surface area contributed by atoms with Crippen LogP contribution in [0.15, 0.2) is 0 Å². The van der Waals surface area contributed by atoms with E-state index in [1.165, 1.54) is 51.4 Å². The Morgan fingerprint density at radius 2 is 1.00 bits per heavy atom. The van der Waals surface area contributed by atoms with Gasteiger partial charge in [-0.3, -0.25) is 9.80 Å². The van der Waals surface area contributed by atoms with Crippen molar-refractivity contribution in [3.63, 3.8) is 0 Å². The summed E-state index contributed by atoms with van der Waals surface area (Å²) in [5.74, 6) is 0. The Morgan fingerprint density at radius 1 is 0.625 bits per heavy atom. The minimum absolute atomic E-state index is 0.385. The molecule has 4 rings (SSSR count). The van der Waals surface area contributed by atoms with E-state index < -0.39 is 11.2 Å². The van der Waals surface area contributed by atoms with Crippen LogP contribution in [0.3, 0.4) is 0 Å². The van der Waals surface area contributed by atoms with E-state index in [0.717, 1.165) is 51.9 Å². The Kier molecular flexibility index (Phi) is 4.94. The Balaban J connectivity index is 1.35. The molecule has 0 aromatic carbocycles. The smallest absolute Gasteiger partial charge is 0.0802 e. The van der Waals surface area contributed by atoms with Gasteiger partial charge in [0.1, 0.15) is 0 Å². The maximum absolute atomic E-state index is 11.0. The summed E-state index contributed by atoms with van der Waals surface area (Å²) in [5, 5.41) is 22.0. The van der Waals surface area contributed by atoms with Gasteiger partial charge in [0.15, 0.2) is 0 Å². The highest BCUT2D eigenvalue weighted by Crippen LogP contribution is 2.40. The number of likely N-dealkylation sites (tertiary alicyclic amines) is 2. The van der Waals surface area contributed by atoms with Gasteiger partial charge in [0.2, 0.25) is 0 Å². The molecule has 2 heterocycles. The average Bonchev–Trinajstić information content (AvgIpc) is 3.33. The van der Waals surface area contributed by atoms with Crippen LogP contribution in [0, 0.1) is 0 Å². The zero-order valence-electron chi connectivity index (χ0n) is 15.3. The van der Waals surface area contributed by atoms with Gasteiger partial charge in [0.05, 0.1) is 11.2 Å². The molecule has 0 amide bonds. The minimum atomic E-state index is -0.412. The summed E-state index contributed by atoms with van der Waals surface area (Å²) in [7, 11) is 0. The summed E-state index contributed by atoms with van der Waals surface area (Å²) >= 11 is 0. The van der Waals surface area contributed by atoms with Crippen LogP contribution >= 0.6 is 0 Å². The molecule has 4 nitrogen and oxygen atoms in total. The van der Waals surface area contributed by atoms with Gasteiger partial charge in [0, 0.05) is 25.2 Å². The van der Waals surface area contributed by atoms with Gasteiger partial charge in [0.25, 0.3) is 0 Å². The van der Waals surface area contributed by atoms with E-state index in [2.05, 4.69) is 9.80 Å². The molecule has 2 saturated carbocycles. The van der Waals surface area contributed by atoms with E-state index >= 15 is 0 Å². The first-order valence-electron chi connectivity index (χ1n) is 10.5. The fourth-order valence-corrected chi connectivity index (χ4v) is 6.30. The molecule has 0 spiro atoms. The summed E-state index contributed by atoms with van der Waals surface area (Å²) in [4.78, 5) is 5.14. The first-order valence-corrected chi connectivity index (χ1v) is 10.5. The van der Waals surface area contributed by atoms with Crippen molar-refractivity contribution < 1.29 is 10.2 Å². The third-order valence-electron chi connectivity index (χ3n) is 7.58. The van der Waals surface area contributed by atoms with E-state index in [0.29, 0.717) is 12.1 Å². The minimum Gasteiger partial charge on any atom is -0.388 e. The monoisotopic (exact) mass is 336 g/mol. The molecule has 2 saturated heterocycles. The average molecular weight is 337 g/mol. The third-order valence-corrected chi connectivity index (χ3v) is 7.58. The second kappa shape index (κ2) is 6.86. The Hall–Kier alpha value is -0.160. The molecule has 0 aromatic rings. The summed E-state index contributed by atoms with van der Waals surface area (Å²) in [5.41, 5.74) is -0.824. The molecule has 0 aromatic heterocycles. The van der Waals surface area contributed by atoms with Crippen molar-refractivity contribution in [3.8, 4) is 0 Å². The van der Waals surface area contributed by atoms with Crippen LogP contribution in [0.1, 0.15) is 77.0 Å². The van der Waals surface area contributed by atoms with Crippen molar-refractivity contribution in [1.29, 1.82) is 0 Å². The summed E-state index contributed by atoms with van der Waals surface area (Å²) in [6, 6.07) is 0.770. The van der Waals surface area contributed by atoms with E-state index in [4.69, 9.17) is 0 Å². The van der Waals surface area contributed by atoms with Crippen LogP contribution in [-0.4, -0.2) is 69.5 Å². The Labute approximate surface area is 147 Å². The predicted molar refractivity (Wildman–Crippen MR) is 96.0 cm³/mol. The second-order valence-electron chi connectivity index (χ2n) is 9.01. The van der Waals surface area contributed by atoms with Crippen LogP contribution in [-0.2, 0) is 0 Å². The molecule has 0 radical (unpaired) electrons. The fourth-order valence-electron chi connectivity index (χ4n) is 6.30. The normalized spacial score (nSPS) is 36.8. The van der Waals surface area contributed by atoms with E-state index in [1.807, 2.05) is 0 Å². The van der Waals surface area contributed by atoms with Gasteiger partial charge in [-0.05, 0) is 64.5 Å². The van der Waals surface area contributed by atoms with Crippen molar-refractivity contribution in [2.45, 2.75) is 100 Å². The zero-order chi connectivity index (χ0) is 16.6. The molecule has 2 N–H and O–H groups in total. The summed E-state index contributed by atoms with van der Waals surface area (Å²) in [6.07, 6.45) is 13.6. The molecule has 138 valence electrons. The number of hydrogen-bond donors (Lipinski definition) is 2. The van der Waals surface area contributed by atoms with Gasteiger partial charge >= 0.3 is 0 Å². The number of nitrogens with zero attached hydrogens (tertiary/aromatic N) is 2. The summed E-state index contributed by atoms with van der Waals surface area (Å²) in [6.45, 7) is 4.44. The molecular weight excluding hydrogens is 300 g/mol. The summed E-state index contributed by atoms with van der Waals surface area (Å²) < 4.78 is 0. The molecule has 2 aliphatic heterocycles. The predicted octanol–water partition coefficient (Wildman–Crippen LogP) is 2.53. The highest BCUT2D eigenvalue weighted by atomic mass is 16.3. The lowest BCUT2D eigenvalue weighted by atomic mass is 9.90. The SMILES string of the molecule is OC1([C@@H]2CCCN2CCN2CCC[C@H]2C2(O)CCCC2)CCCC1. The lowest BCUT2D eigenvalue weighted by Crippen LogP contribution is -2.52. The zero-order valence-corrected chi connectivity index (χ0v) is 15.3. The highest BCUT2D eigenvalue weighted by molar-refractivity contribution is 5.01. The van der Waals surface area contributed by atoms with Crippen LogP contribution < -0.4 is 0 Å². The molecule has 0 unspecified atom stereocenters. The molecular formula is C20H36N2O2. The molecule has 0 bridgehead atoms. The Bertz CT molecular complexity index is 389.